The second-order valence-corrected chi connectivity index (χ2v) is 4.65. The van der Waals surface area contributed by atoms with Crippen molar-refractivity contribution < 1.29 is 14.9 Å². The lowest BCUT2D eigenvalue weighted by molar-refractivity contribution is 0.0795. The van der Waals surface area contributed by atoms with Gasteiger partial charge in [-0.3, -0.25) is 0 Å². The van der Waals surface area contributed by atoms with Crippen LogP contribution in [0.25, 0.3) is 0 Å². The molecule has 0 unspecified atom stereocenters. The molecule has 1 aromatic carbocycles. The van der Waals surface area contributed by atoms with Crippen LogP contribution in [0.3, 0.4) is 0 Å². The quantitative estimate of drug-likeness (QED) is 0.706. The van der Waals surface area contributed by atoms with Crippen LogP contribution in [0.2, 0.25) is 0 Å². The van der Waals surface area contributed by atoms with Crippen LogP contribution in [-0.2, 0) is 6.54 Å². The van der Waals surface area contributed by atoms with E-state index in [1.807, 2.05) is 13.0 Å². The highest BCUT2D eigenvalue weighted by Gasteiger charge is 2.11. The molecule has 0 atom stereocenters. The number of aromatic hydroxyl groups is 1. The van der Waals surface area contributed by atoms with Crippen molar-refractivity contribution in [3.8, 4) is 11.5 Å². The molecule has 0 saturated heterocycles. The highest BCUT2D eigenvalue weighted by molar-refractivity contribution is 5.41. The lowest BCUT2D eigenvalue weighted by Crippen LogP contribution is -2.34. The van der Waals surface area contributed by atoms with Crippen molar-refractivity contribution in [1.82, 2.24) is 5.32 Å². The van der Waals surface area contributed by atoms with E-state index in [0.29, 0.717) is 25.4 Å². The molecule has 0 aromatic heterocycles. The second kappa shape index (κ2) is 5.89. The summed E-state index contributed by atoms with van der Waals surface area (Å²) >= 11 is 0. The van der Waals surface area contributed by atoms with E-state index < -0.39 is 5.60 Å². The maximum absolute atomic E-state index is 9.55. The molecule has 0 heterocycles. The van der Waals surface area contributed by atoms with Gasteiger partial charge >= 0.3 is 0 Å². The van der Waals surface area contributed by atoms with E-state index in [2.05, 4.69) is 5.32 Å². The molecule has 4 nitrogen and oxygen atoms in total. The zero-order chi connectivity index (χ0) is 12.9. The van der Waals surface area contributed by atoms with Gasteiger partial charge in [-0.1, -0.05) is 6.07 Å². The molecule has 1 rings (SSSR count). The molecule has 0 aliphatic carbocycles. The molecule has 0 aliphatic rings. The first-order chi connectivity index (χ1) is 7.92. The average molecular weight is 239 g/mol. The largest absolute Gasteiger partial charge is 0.504 e. The summed E-state index contributed by atoms with van der Waals surface area (Å²) in [6.07, 6.45) is 0. The number of ether oxygens (including phenoxy) is 1. The molecule has 0 radical (unpaired) electrons. The van der Waals surface area contributed by atoms with Crippen molar-refractivity contribution in [2.45, 2.75) is 32.9 Å². The lowest BCUT2D eigenvalue weighted by atomic mass is 10.1. The van der Waals surface area contributed by atoms with Gasteiger partial charge in [0.2, 0.25) is 0 Å². The first kappa shape index (κ1) is 13.8. The van der Waals surface area contributed by atoms with Crippen LogP contribution in [-0.4, -0.2) is 29.0 Å². The number of aliphatic hydroxyl groups is 1. The Morgan fingerprint density at radius 3 is 2.65 bits per heavy atom. The van der Waals surface area contributed by atoms with Crippen LogP contribution in [0, 0.1) is 0 Å². The summed E-state index contributed by atoms with van der Waals surface area (Å²) in [5.41, 5.74) is 0.287. The van der Waals surface area contributed by atoms with Crippen LogP contribution in [0.5, 0.6) is 11.5 Å². The van der Waals surface area contributed by atoms with E-state index >= 15 is 0 Å². The van der Waals surface area contributed by atoms with E-state index in [1.54, 1.807) is 26.0 Å². The summed E-state index contributed by atoms with van der Waals surface area (Å²) in [7, 11) is 0. The Labute approximate surface area is 102 Å². The molecule has 4 heteroatoms. The molecular formula is C13H21NO3. The molecule has 0 aliphatic heterocycles. The predicted molar refractivity (Wildman–Crippen MR) is 67.3 cm³/mol. The molecule has 17 heavy (non-hydrogen) atoms. The molecular weight excluding hydrogens is 218 g/mol. The summed E-state index contributed by atoms with van der Waals surface area (Å²) in [5.74, 6) is 0.646. The highest BCUT2D eigenvalue weighted by Crippen LogP contribution is 2.26. The van der Waals surface area contributed by atoms with E-state index in [0.717, 1.165) is 5.56 Å². The Balaban J connectivity index is 2.57. The summed E-state index contributed by atoms with van der Waals surface area (Å²) in [6.45, 7) is 7.04. The van der Waals surface area contributed by atoms with E-state index in [9.17, 15) is 10.2 Å². The van der Waals surface area contributed by atoms with Crippen LogP contribution in [0.15, 0.2) is 18.2 Å². The SMILES string of the molecule is CCOc1cc(CNCC(C)(C)O)ccc1O. The van der Waals surface area contributed by atoms with E-state index in [4.69, 9.17) is 4.74 Å². The van der Waals surface area contributed by atoms with Gasteiger partial charge in [-0.25, -0.2) is 0 Å². The van der Waals surface area contributed by atoms with Crippen molar-refractivity contribution in [2.24, 2.45) is 0 Å². The van der Waals surface area contributed by atoms with Gasteiger partial charge < -0.3 is 20.3 Å². The number of rotatable bonds is 6. The molecule has 1 aromatic rings. The number of benzene rings is 1. The van der Waals surface area contributed by atoms with Gasteiger partial charge in [-0.2, -0.15) is 0 Å². The normalized spacial score (nSPS) is 11.5. The zero-order valence-corrected chi connectivity index (χ0v) is 10.7. The molecule has 0 saturated carbocycles. The highest BCUT2D eigenvalue weighted by atomic mass is 16.5. The van der Waals surface area contributed by atoms with Crippen molar-refractivity contribution in [3.63, 3.8) is 0 Å². The summed E-state index contributed by atoms with van der Waals surface area (Å²) < 4.78 is 5.30. The monoisotopic (exact) mass is 239 g/mol. The van der Waals surface area contributed by atoms with Gasteiger partial charge in [-0.05, 0) is 38.5 Å². The molecule has 0 amide bonds. The molecule has 0 bridgehead atoms. The zero-order valence-electron chi connectivity index (χ0n) is 10.7. The van der Waals surface area contributed by atoms with Gasteiger partial charge in [0.1, 0.15) is 0 Å². The summed E-state index contributed by atoms with van der Waals surface area (Å²) in [6, 6.07) is 5.25. The second-order valence-electron chi connectivity index (χ2n) is 4.65. The van der Waals surface area contributed by atoms with Crippen LogP contribution >= 0.6 is 0 Å². The van der Waals surface area contributed by atoms with Crippen molar-refractivity contribution in [2.75, 3.05) is 13.2 Å². The van der Waals surface area contributed by atoms with Crippen LogP contribution in [0.4, 0.5) is 0 Å². The number of hydrogen-bond donors (Lipinski definition) is 3. The number of hydrogen-bond acceptors (Lipinski definition) is 4. The maximum Gasteiger partial charge on any atom is 0.161 e. The fourth-order valence-corrected chi connectivity index (χ4v) is 1.45. The van der Waals surface area contributed by atoms with E-state index in [-0.39, 0.29) is 5.75 Å². The number of phenolic OH excluding ortho intramolecular Hbond substituents is 1. The summed E-state index contributed by atoms with van der Waals surface area (Å²) in [4.78, 5) is 0. The smallest absolute Gasteiger partial charge is 0.161 e. The molecule has 3 N–H and O–H groups in total. The molecule has 96 valence electrons. The Bertz CT molecular complexity index is 358. The fourth-order valence-electron chi connectivity index (χ4n) is 1.45. The lowest BCUT2D eigenvalue weighted by Gasteiger charge is -2.18. The van der Waals surface area contributed by atoms with E-state index in [1.165, 1.54) is 0 Å². The average Bonchev–Trinajstić information content (AvgIpc) is 2.21. The first-order valence-corrected chi connectivity index (χ1v) is 5.80. The fraction of sp³-hybridized carbons (Fsp3) is 0.538. The number of phenols is 1. The van der Waals surface area contributed by atoms with Gasteiger partial charge in [0.15, 0.2) is 11.5 Å². The minimum absolute atomic E-state index is 0.151. The Morgan fingerprint density at radius 1 is 1.35 bits per heavy atom. The van der Waals surface area contributed by atoms with Crippen molar-refractivity contribution >= 4 is 0 Å². The van der Waals surface area contributed by atoms with Gasteiger partial charge in [0.25, 0.3) is 0 Å². The minimum atomic E-state index is -0.723. The molecule has 0 fully saturated rings. The van der Waals surface area contributed by atoms with Crippen molar-refractivity contribution in [3.05, 3.63) is 23.8 Å². The third-order valence-electron chi connectivity index (χ3n) is 2.21. The van der Waals surface area contributed by atoms with Crippen molar-refractivity contribution in [1.29, 1.82) is 0 Å². The van der Waals surface area contributed by atoms with Gasteiger partial charge in [0.05, 0.1) is 12.2 Å². The summed E-state index contributed by atoms with van der Waals surface area (Å²) in [5, 5.41) is 22.2. The number of nitrogens with one attached hydrogen (secondary N) is 1. The van der Waals surface area contributed by atoms with Crippen LogP contribution in [0.1, 0.15) is 26.3 Å². The minimum Gasteiger partial charge on any atom is -0.504 e. The third-order valence-corrected chi connectivity index (χ3v) is 2.21. The predicted octanol–water partition coefficient (Wildman–Crippen LogP) is 1.65. The standard InChI is InChI=1S/C13H21NO3/c1-4-17-12-7-10(5-6-11(12)15)8-14-9-13(2,3)16/h5-7,14-16H,4,8-9H2,1-3H3. The first-order valence-electron chi connectivity index (χ1n) is 5.80. The topological polar surface area (TPSA) is 61.7 Å². The Hall–Kier alpha value is -1.26. The van der Waals surface area contributed by atoms with Gasteiger partial charge in [-0.15, -0.1) is 0 Å². The molecule has 0 spiro atoms. The van der Waals surface area contributed by atoms with Crippen LogP contribution < -0.4 is 10.1 Å². The third kappa shape index (κ3) is 5.06. The Kier molecular flexibility index (Phi) is 4.78. The Morgan fingerprint density at radius 2 is 2.06 bits per heavy atom. The van der Waals surface area contributed by atoms with Gasteiger partial charge in [0, 0.05) is 13.1 Å². The maximum atomic E-state index is 9.55.